The van der Waals surface area contributed by atoms with E-state index in [-0.39, 0.29) is 23.4 Å². The Morgan fingerprint density at radius 3 is 2.31 bits per heavy atom. The highest BCUT2D eigenvalue weighted by Gasteiger charge is 2.21. The number of nitrogens with one attached hydrogen (secondary N) is 1. The number of aromatic nitrogens is 2. The lowest BCUT2D eigenvalue weighted by atomic mass is 9.87. The number of carbonyl (C=O) groups is 2. The topological polar surface area (TPSA) is 90.3 Å². The number of para-hydroxylation sites is 1. The highest BCUT2D eigenvalue weighted by molar-refractivity contribution is 6.07. The first-order valence-corrected chi connectivity index (χ1v) is 10.4. The van der Waals surface area contributed by atoms with Crippen LogP contribution >= 0.6 is 0 Å². The molecule has 166 valence electrons. The number of hydrogen-bond donors (Lipinski definition) is 1. The Labute approximate surface area is 187 Å². The fraction of sp³-hybridized carbons (Fsp3) is 0.280. The molecule has 3 aromatic rings. The van der Waals surface area contributed by atoms with Crippen LogP contribution in [0.2, 0.25) is 0 Å². The van der Waals surface area contributed by atoms with E-state index in [4.69, 9.17) is 4.74 Å². The number of anilines is 1. The zero-order chi connectivity index (χ0) is 23.5. The summed E-state index contributed by atoms with van der Waals surface area (Å²) in [5.41, 5.74) is 2.17. The third-order valence-electron chi connectivity index (χ3n) is 5.01. The van der Waals surface area contributed by atoms with Crippen molar-refractivity contribution in [3.8, 4) is 5.69 Å². The first-order valence-electron chi connectivity index (χ1n) is 10.4. The van der Waals surface area contributed by atoms with E-state index < -0.39 is 17.4 Å². The molecule has 1 aromatic heterocycles. The van der Waals surface area contributed by atoms with Gasteiger partial charge in [-0.3, -0.25) is 9.59 Å². The van der Waals surface area contributed by atoms with E-state index in [2.05, 4.69) is 31.2 Å². The van der Waals surface area contributed by atoms with Gasteiger partial charge in [0.15, 0.2) is 5.69 Å². The maximum atomic E-state index is 12.8. The van der Waals surface area contributed by atoms with Crippen molar-refractivity contribution in [3.05, 3.63) is 87.3 Å². The van der Waals surface area contributed by atoms with Crippen molar-refractivity contribution in [2.24, 2.45) is 0 Å². The molecule has 0 saturated carbocycles. The Hall–Kier alpha value is -3.74. The van der Waals surface area contributed by atoms with Gasteiger partial charge in [-0.15, -0.1) is 0 Å². The molecule has 7 nitrogen and oxygen atoms in total. The van der Waals surface area contributed by atoms with E-state index in [1.165, 1.54) is 6.07 Å². The minimum absolute atomic E-state index is 0.00295. The van der Waals surface area contributed by atoms with E-state index in [1.54, 1.807) is 31.2 Å². The Morgan fingerprint density at radius 1 is 1.06 bits per heavy atom. The maximum Gasteiger partial charge on any atom is 0.360 e. The average Bonchev–Trinajstić information content (AvgIpc) is 2.74. The molecule has 1 N–H and O–H groups in total. The summed E-state index contributed by atoms with van der Waals surface area (Å²) in [5, 5.41) is 6.87. The normalized spacial score (nSPS) is 11.2. The van der Waals surface area contributed by atoms with Gasteiger partial charge < -0.3 is 10.1 Å². The molecule has 3 rings (SSSR count). The molecule has 0 spiro atoms. The molecular weight excluding hydrogens is 406 g/mol. The van der Waals surface area contributed by atoms with Crippen molar-refractivity contribution in [2.75, 3.05) is 11.9 Å². The molecule has 0 aliphatic heterocycles. The minimum Gasteiger partial charge on any atom is -0.461 e. The van der Waals surface area contributed by atoms with Gasteiger partial charge in [-0.2, -0.15) is 9.78 Å². The number of rotatable bonds is 5. The van der Waals surface area contributed by atoms with E-state index >= 15 is 0 Å². The van der Waals surface area contributed by atoms with Crippen molar-refractivity contribution in [1.82, 2.24) is 9.78 Å². The fourth-order valence-corrected chi connectivity index (χ4v) is 3.19. The molecule has 0 radical (unpaired) electrons. The standard InChI is InChI=1S/C25H27N3O4/c1-6-32-24(31)22-19(15-21(29)28(27-22)20-10-8-7-9-16(20)2)26-23(30)17-11-13-18(14-12-17)25(3,4)5/h7-15H,6H2,1-5H3,(H,26,30). The van der Waals surface area contributed by atoms with Gasteiger partial charge in [0.05, 0.1) is 18.0 Å². The molecule has 32 heavy (non-hydrogen) atoms. The summed E-state index contributed by atoms with van der Waals surface area (Å²) in [4.78, 5) is 38.2. The highest BCUT2D eigenvalue weighted by atomic mass is 16.5. The van der Waals surface area contributed by atoms with Crippen LogP contribution in [0, 0.1) is 6.92 Å². The molecule has 0 aliphatic rings. The van der Waals surface area contributed by atoms with Gasteiger partial charge in [-0.1, -0.05) is 51.1 Å². The Bertz CT molecular complexity index is 1210. The van der Waals surface area contributed by atoms with Crippen LogP contribution in [0.3, 0.4) is 0 Å². The number of hydrogen-bond acceptors (Lipinski definition) is 5. The van der Waals surface area contributed by atoms with Crippen LogP contribution in [0.1, 0.15) is 59.7 Å². The molecule has 0 fully saturated rings. The summed E-state index contributed by atoms with van der Waals surface area (Å²) < 4.78 is 6.24. The van der Waals surface area contributed by atoms with Crippen molar-refractivity contribution in [2.45, 2.75) is 40.0 Å². The summed E-state index contributed by atoms with van der Waals surface area (Å²) in [7, 11) is 0. The predicted octanol–water partition coefficient (Wildman–Crippen LogP) is 4.27. The summed E-state index contributed by atoms with van der Waals surface area (Å²) in [6.07, 6.45) is 0. The van der Waals surface area contributed by atoms with Gasteiger partial charge >= 0.3 is 5.97 Å². The monoisotopic (exact) mass is 433 g/mol. The number of ether oxygens (including phenoxy) is 1. The predicted molar refractivity (Wildman–Crippen MR) is 124 cm³/mol. The van der Waals surface area contributed by atoms with Crippen molar-refractivity contribution >= 4 is 17.6 Å². The van der Waals surface area contributed by atoms with E-state index in [9.17, 15) is 14.4 Å². The van der Waals surface area contributed by atoms with E-state index in [0.29, 0.717) is 11.3 Å². The smallest absolute Gasteiger partial charge is 0.360 e. The van der Waals surface area contributed by atoms with Crippen LogP contribution in [0.15, 0.2) is 59.4 Å². The molecular formula is C25H27N3O4. The summed E-state index contributed by atoms with van der Waals surface area (Å²) >= 11 is 0. The first-order chi connectivity index (χ1) is 15.1. The van der Waals surface area contributed by atoms with Crippen molar-refractivity contribution in [1.29, 1.82) is 0 Å². The second-order valence-electron chi connectivity index (χ2n) is 8.45. The summed E-state index contributed by atoms with van der Waals surface area (Å²) in [6, 6.07) is 15.6. The second kappa shape index (κ2) is 9.18. The van der Waals surface area contributed by atoms with Gasteiger partial charge in [0.1, 0.15) is 0 Å². The Morgan fingerprint density at radius 2 is 1.72 bits per heavy atom. The molecule has 0 unspecified atom stereocenters. The Balaban J connectivity index is 2.01. The fourth-order valence-electron chi connectivity index (χ4n) is 3.19. The average molecular weight is 434 g/mol. The number of carbonyl (C=O) groups excluding carboxylic acids is 2. The van der Waals surface area contributed by atoms with Crippen LogP contribution in [0.25, 0.3) is 5.69 Å². The molecule has 7 heteroatoms. The lowest BCUT2D eigenvalue weighted by Gasteiger charge is -2.19. The number of nitrogens with zero attached hydrogens (tertiary/aromatic N) is 2. The molecule has 0 saturated heterocycles. The zero-order valence-corrected chi connectivity index (χ0v) is 18.9. The van der Waals surface area contributed by atoms with Gasteiger partial charge in [0.2, 0.25) is 0 Å². The zero-order valence-electron chi connectivity index (χ0n) is 18.9. The molecule has 0 bridgehead atoms. The van der Waals surface area contributed by atoms with Crippen LogP contribution in [0.5, 0.6) is 0 Å². The van der Waals surface area contributed by atoms with Crippen molar-refractivity contribution in [3.63, 3.8) is 0 Å². The Kier molecular flexibility index (Phi) is 6.58. The molecule has 1 heterocycles. The number of benzene rings is 2. The van der Waals surface area contributed by atoms with E-state index in [0.717, 1.165) is 15.8 Å². The van der Waals surface area contributed by atoms with Crippen LogP contribution in [-0.2, 0) is 10.2 Å². The molecule has 2 aromatic carbocycles. The minimum atomic E-state index is -0.729. The quantitative estimate of drug-likeness (QED) is 0.607. The van der Waals surface area contributed by atoms with Gasteiger partial charge in [-0.05, 0) is 48.6 Å². The summed E-state index contributed by atoms with van der Waals surface area (Å²) in [6.45, 7) is 9.90. The third-order valence-corrected chi connectivity index (χ3v) is 5.01. The number of amides is 1. The molecule has 0 aliphatic carbocycles. The maximum absolute atomic E-state index is 12.8. The molecule has 1 amide bonds. The lowest BCUT2D eigenvalue weighted by Crippen LogP contribution is -2.27. The van der Waals surface area contributed by atoms with Gasteiger partial charge in [0, 0.05) is 11.6 Å². The largest absolute Gasteiger partial charge is 0.461 e. The van der Waals surface area contributed by atoms with Gasteiger partial charge in [-0.25, -0.2) is 4.79 Å². The SMILES string of the molecule is CCOC(=O)c1nn(-c2ccccc2C)c(=O)cc1NC(=O)c1ccc(C(C)(C)C)cc1. The highest BCUT2D eigenvalue weighted by Crippen LogP contribution is 2.23. The van der Waals surface area contributed by atoms with Crippen LogP contribution in [0.4, 0.5) is 5.69 Å². The molecule has 0 atom stereocenters. The second-order valence-corrected chi connectivity index (χ2v) is 8.45. The van der Waals surface area contributed by atoms with E-state index in [1.807, 2.05) is 31.2 Å². The summed E-state index contributed by atoms with van der Waals surface area (Å²) in [5.74, 6) is -1.18. The lowest BCUT2D eigenvalue weighted by molar-refractivity contribution is 0.0518. The van der Waals surface area contributed by atoms with Crippen molar-refractivity contribution < 1.29 is 14.3 Å². The van der Waals surface area contributed by atoms with Crippen LogP contribution in [-0.4, -0.2) is 28.3 Å². The van der Waals surface area contributed by atoms with Gasteiger partial charge in [0.25, 0.3) is 11.5 Å². The number of esters is 1. The van der Waals surface area contributed by atoms with Crippen LogP contribution < -0.4 is 10.9 Å². The third kappa shape index (κ3) is 4.94. The first kappa shape index (κ1) is 22.9. The number of aryl methyl sites for hydroxylation is 1.